The zero-order valence-corrected chi connectivity index (χ0v) is 19.8. The number of piperazine rings is 1. The highest BCUT2D eigenvalue weighted by molar-refractivity contribution is 8.00. The first kappa shape index (κ1) is 23.0. The number of benzene rings is 1. The zero-order valence-electron chi connectivity index (χ0n) is 18.9. The highest BCUT2D eigenvalue weighted by Gasteiger charge is 2.30. The van der Waals surface area contributed by atoms with E-state index in [1.807, 2.05) is 24.8 Å². The van der Waals surface area contributed by atoms with Crippen LogP contribution in [0, 0.1) is 0 Å². The summed E-state index contributed by atoms with van der Waals surface area (Å²) < 4.78 is 0. The molecule has 10 heteroatoms. The lowest BCUT2D eigenvalue weighted by atomic mass is 10.1. The maximum absolute atomic E-state index is 13.1. The normalized spacial score (nSPS) is 15.9. The smallest absolute Gasteiger partial charge is 0.253 e. The lowest BCUT2D eigenvalue weighted by molar-refractivity contribution is -0.131. The summed E-state index contributed by atoms with van der Waals surface area (Å²) in [5.74, 6) is 0.645. The molecule has 0 unspecified atom stereocenters. The summed E-state index contributed by atoms with van der Waals surface area (Å²) in [6.07, 6.45) is 3.41. The summed E-state index contributed by atoms with van der Waals surface area (Å²) in [5, 5.41) is 0. The van der Waals surface area contributed by atoms with E-state index in [0.717, 1.165) is 4.90 Å². The molecule has 1 aromatic carbocycles. The second kappa shape index (κ2) is 10.2. The second-order valence-corrected chi connectivity index (χ2v) is 8.86. The number of thioether (sulfide) groups is 1. The Morgan fingerprint density at radius 1 is 1.06 bits per heavy atom. The van der Waals surface area contributed by atoms with Crippen molar-refractivity contribution in [2.45, 2.75) is 18.7 Å². The van der Waals surface area contributed by atoms with Gasteiger partial charge in [0, 0.05) is 62.1 Å². The molecule has 1 aromatic heterocycles. The highest BCUT2D eigenvalue weighted by atomic mass is 32.2. The van der Waals surface area contributed by atoms with Gasteiger partial charge in [-0.05, 0) is 38.1 Å². The van der Waals surface area contributed by atoms with Crippen molar-refractivity contribution >= 4 is 41.1 Å². The summed E-state index contributed by atoms with van der Waals surface area (Å²) in [5.41, 5.74) is 1.17. The van der Waals surface area contributed by atoms with E-state index in [-0.39, 0.29) is 30.0 Å². The maximum atomic E-state index is 13.1. The third-order valence-electron chi connectivity index (χ3n) is 5.96. The standard InChI is InChI=1S/C23H28N6O3S/c1-3-26(4-2)22(32)17-6-7-19-18(14-17)29(21(31)16-33-19)15-20(30)27-10-12-28(13-11-27)23-24-8-5-9-25-23/h5-9,14H,3-4,10-13,15-16H2,1-2H3. The SMILES string of the molecule is CCN(CC)C(=O)c1ccc2c(c1)N(CC(=O)N1CCN(c3ncccn3)CC1)C(=O)CS2. The van der Waals surface area contributed by atoms with Crippen LogP contribution in [0.25, 0.3) is 0 Å². The largest absolute Gasteiger partial charge is 0.339 e. The molecule has 2 aliphatic rings. The number of hydrogen-bond donors (Lipinski definition) is 0. The van der Waals surface area contributed by atoms with Crippen molar-refractivity contribution in [1.82, 2.24) is 19.8 Å². The Kier molecular flexibility index (Phi) is 7.12. The molecule has 2 aromatic rings. The molecular formula is C23H28N6O3S. The van der Waals surface area contributed by atoms with Gasteiger partial charge >= 0.3 is 0 Å². The Balaban J connectivity index is 1.46. The van der Waals surface area contributed by atoms with Gasteiger partial charge < -0.3 is 19.6 Å². The fourth-order valence-corrected chi connectivity index (χ4v) is 4.96. The quantitative estimate of drug-likeness (QED) is 0.638. The van der Waals surface area contributed by atoms with Crippen LogP contribution in [-0.2, 0) is 9.59 Å². The molecule has 0 spiro atoms. The van der Waals surface area contributed by atoms with Crippen LogP contribution in [0.4, 0.5) is 11.6 Å². The topological polar surface area (TPSA) is 90.0 Å². The summed E-state index contributed by atoms with van der Waals surface area (Å²) in [4.78, 5) is 55.2. The summed E-state index contributed by atoms with van der Waals surface area (Å²) in [7, 11) is 0. The van der Waals surface area contributed by atoms with Crippen LogP contribution in [0.5, 0.6) is 0 Å². The van der Waals surface area contributed by atoms with Gasteiger partial charge in [-0.2, -0.15) is 0 Å². The molecule has 3 amide bonds. The second-order valence-electron chi connectivity index (χ2n) is 7.85. The van der Waals surface area contributed by atoms with Gasteiger partial charge in [-0.15, -0.1) is 11.8 Å². The molecule has 174 valence electrons. The molecule has 9 nitrogen and oxygen atoms in total. The minimum absolute atomic E-state index is 0.0306. The molecule has 2 aliphatic heterocycles. The van der Waals surface area contributed by atoms with Gasteiger partial charge in [-0.3, -0.25) is 14.4 Å². The summed E-state index contributed by atoms with van der Waals surface area (Å²) in [6.45, 7) is 7.43. The molecule has 0 atom stereocenters. The lowest BCUT2D eigenvalue weighted by Crippen LogP contribution is -2.52. The minimum atomic E-state index is -0.121. The number of hydrogen-bond acceptors (Lipinski definition) is 7. The first-order chi connectivity index (χ1) is 16.0. The van der Waals surface area contributed by atoms with Crippen LogP contribution in [0.15, 0.2) is 41.6 Å². The number of rotatable bonds is 6. The van der Waals surface area contributed by atoms with Crippen molar-refractivity contribution in [3.05, 3.63) is 42.2 Å². The van der Waals surface area contributed by atoms with Gasteiger partial charge in [0.2, 0.25) is 17.8 Å². The molecule has 33 heavy (non-hydrogen) atoms. The van der Waals surface area contributed by atoms with E-state index in [1.54, 1.807) is 40.4 Å². The molecule has 0 bridgehead atoms. The van der Waals surface area contributed by atoms with Crippen molar-refractivity contribution in [1.29, 1.82) is 0 Å². The third kappa shape index (κ3) is 4.95. The number of anilines is 2. The average molecular weight is 469 g/mol. The molecule has 1 fully saturated rings. The van der Waals surface area contributed by atoms with E-state index < -0.39 is 0 Å². The average Bonchev–Trinajstić information content (AvgIpc) is 2.86. The molecule has 0 saturated carbocycles. The first-order valence-electron chi connectivity index (χ1n) is 11.2. The Morgan fingerprint density at radius 3 is 2.42 bits per heavy atom. The van der Waals surface area contributed by atoms with E-state index in [1.165, 1.54) is 16.7 Å². The number of carbonyl (C=O) groups is 3. The van der Waals surface area contributed by atoms with E-state index >= 15 is 0 Å². The van der Waals surface area contributed by atoms with Crippen molar-refractivity contribution in [3.8, 4) is 0 Å². The molecule has 0 radical (unpaired) electrons. The molecule has 0 aliphatic carbocycles. The van der Waals surface area contributed by atoms with Crippen LogP contribution in [0.3, 0.4) is 0 Å². The monoisotopic (exact) mass is 468 g/mol. The van der Waals surface area contributed by atoms with E-state index in [4.69, 9.17) is 0 Å². The molecule has 4 rings (SSSR count). The number of fused-ring (bicyclic) bond motifs is 1. The predicted molar refractivity (Wildman–Crippen MR) is 128 cm³/mol. The van der Waals surface area contributed by atoms with Crippen molar-refractivity contribution < 1.29 is 14.4 Å². The Morgan fingerprint density at radius 2 is 1.76 bits per heavy atom. The van der Waals surface area contributed by atoms with Gasteiger partial charge in [-0.25, -0.2) is 9.97 Å². The molecular weight excluding hydrogens is 440 g/mol. The van der Waals surface area contributed by atoms with Crippen molar-refractivity contribution in [2.24, 2.45) is 0 Å². The first-order valence-corrected chi connectivity index (χ1v) is 12.2. The fourth-order valence-electron chi connectivity index (χ4n) is 4.05. The Labute approximate surface area is 197 Å². The zero-order chi connectivity index (χ0) is 23.4. The van der Waals surface area contributed by atoms with Crippen LogP contribution in [0.2, 0.25) is 0 Å². The molecule has 1 saturated heterocycles. The summed E-state index contributed by atoms with van der Waals surface area (Å²) in [6, 6.07) is 7.19. The van der Waals surface area contributed by atoms with E-state index in [9.17, 15) is 14.4 Å². The predicted octanol–water partition coefficient (Wildman–Crippen LogP) is 1.75. The number of carbonyl (C=O) groups excluding carboxylic acids is 3. The van der Waals surface area contributed by atoms with Crippen LogP contribution >= 0.6 is 11.8 Å². The van der Waals surface area contributed by atoms with Crippen molar-refractivity contribution in [3.63, 3.8) is 0 Å². The number of amides is 3. The lowest BCUT2D eigenvalue weighted by Gasteiger charge is -2.36. The van der Waals surface area contributed by atoms with Crippen molar-refractivity contribution in [2.75, 3.05) is 61.4 Å². The van der Waals surface area contributed by atoms with Gasteiger partial charge in [-0.1, -0.05) is 0 Å². The molecule has 3 heterocycles. The maximum Gasteiger partial charge on any atom is 0.253 e. The third-order valence-corrected chi connectivity index (χ3v) is 7.01. The van der Waals surface area contributed by atoms with Crippen LogP contribution in [0.1, 0.15) is 24.2 Å². The molecule has 0 N–H and O–H groups in total. The van der Waals surface area contributed by atoms with Gasteiger partial charge in [0.1, 0.15) is 6.54 Å². The van der Waals surface area contributed by atoms with Gasteiger partial charge in [0.25, 0.3) is 5.91 Å². The van der Waals surface area contributed by atoms with Crippen LogP contribution < -0.4 is 9.80 Å². The number of nitrogens with zero attached hydrogens (tertiary/aromatic N) is 6. The van der Waals surface area contributed by atoms with Gasteiger partial charge in [0.15, 0.2) is 0 Å². The number of aromatic nitrogens is 2. The highest BCUT2D eigenvalue weighted by Crippen LogP contribution is 2.36. The van der Waals surface area contributed by atoms with Gasteiger partial charge in [0.05, 0.1) is 11.4 Å². The Bertz CT molecular complexity index is 1020. The summed E-state index contributed by atoms with van der Waals surface area (Å²) >= 11 is 1.44. The minimum Gasteiger partial charge on any atom is -0.339 e. The van der Waals surface area contributed by atoms with Crippen LogP contribution in [-0.4, -0.2) is 89.1 Å². The van der Waals surface area contributed by atoms with E-state index in [0.29, 0.717) is 56.5 Å². The van der Waals surface area contributed by atoms with E-state index in [2.05, 4.69) is 9.97 Å². The Hall–Kier alpha value is -3.14. The fraction of sp³-hybridized carbons (Fsp3) is 0.435.